The molecule has 6 bridgehead atoms. The molecule has 0 spiro atoms. The number of nitrogens with zero attached hydrogens (tertiary/aromatic N) is 8. The Kier molecular flexibility index (Phi) is 18.8. The lowest BCUT2D eigenvalue weighted by atomic mass is 9.84. The van der Waals surface area contributed by atoms with Crippen molar-refractivity contribution in [3.05, 3.63) is 71.5 Å². The highest BCUT2D eigenvalue weighted by Crippen LogP contribution is 2.44. The van der Waals surface area contributed by atoms with Gasteiger partial charge in [0.25, 0.3) is 17.7 Å². The molecule has 4 aromatic rings. The van der Waals surface area contributed by atoms with E-state index >= 15 is 17.6 Å². The van der Waals surface area contributed by atoms with Gasteiger partial charge in [0.1, 0.15) is 24.7 Å². The summed E-state index contributed by atoms with van der Waals surface area (Å²) in [5.74, 6) is 1.77. The second kappa shape index (κ2) is 24.9. The van der Waals surface area contributed by atoms with Gasteiger partial charge in [-0.25, -0.2) is 9.82 Å². The molecule has 3 fully saturated rings. The highest BCUT2D eigenvalue weighted by atomic mass is 19.4. The molecular weight excluding hydrogens is 1070 g/mol. The Hall–Kier alpha value is -6.60. The van der Waals surface area contributed by atoms with E-state index in [2.05, 4.69) is 32.4 Å². The number of likely N-dealkylation sites (N-methyl/N-ethyl adjacent to an activating group) is 2. The third-order valence-corrected chi connectivity index (χ3v) is 17.0. The van der Waals surface area contributed by atoms with Crippen molar-refractivity contribution in [2.24, 2.45) is 11.3 Å². The Morgan fingerprint density at radius 3 is 2.29 bits per heavy atom. The van der Waals surface area contributed by atoms with Crippen LogP contribution in [0.2, 0.25) is 0 Å². The minimum atomic E-state index is -4.64. The van der Waals surface area contributed by atoms with Crippen LogP contribution in [0.3, 0.4) is 0 Å². The molecule has 0 aliphatic carbocycles. The van der Waals surface area contributed by atoms with Crippen LogP contribution in [0.4, 0.5) is 23.2 Å². The number of alkyl halides is 4. The number of carbonyl (C=O) groups is 5. The van der Waals surface area contributed by atoms with Gasteiger partial charge in [-0.05, 0) is 113 Å². The van der Waals surface area contributed by atoms with E-state index in [0.717, 1.165) is 23.7 Å². The lowest BCUT2D eigenvalue weighted by Gasteiger charge is -2.40. The number of carbonyl (C=O) groups excluding carboxylic acids is 5. The number of halogens is 4. The average Bonchev–Trinajstić information content (AvgIpc) is 3.84. The number of hydrogen-bond acceptors (Lipinski definition) is 12. The topological polar surface area (TPSA) is 165 Å². The number of hydrogen-bond donors (Lipinski definition) is 2. The number of cyclic esters (lactones) is 1. The summed E-state index contributed by atoms with van der Waals surface area (Å²) in [6, 6.07) is 11.1. The van der Waals surface area contributed by atoms with Gasteiger partial charge in [0.15, 0.2) is 5.67 Å². The molecule has 0 saturated carbocycles. The van der Waals surface area contributed by atoms with Crippen molar-refractivity contribution in [1.29, 1.82) is 0 Å². The van der Waals surface area contributed by atoms with Crippen LogP contribution in [0.15, 0.2) is 54.7 Å². The van der Waals surface area contributed by atoms with Gasteiger partial charge in [-0.3, -0.25) is 38.9 Å². The number of benzene rings is 2. The molecule has 3 saturated heterocycles. The molecule has 0 radical (unpaired) electrons. The molecule has 4 atom stereocenters. The van der Waals surface area contributed by atoms with E-state index in [-0.39, 0.29) is 51.9 Å². The standard InChI is InChI=1S/C62H82F4N10O7/c1-39(2)53(72(11)58(81)61(63)22-25-74(26-23-61)51(77)20-21-60(6,7)70(8)9)55(78)68-49-32-41-15-13-16-42(31-41)43-18-19-50-45(33-43)47(35-59(4,5)38-83-57(80)48-17-14-24-76(69-48)56(49)79)54(75(50)37-62(64,65)66)46-34-44(36-67-52(46)40(3)82-12)73-29-27-71(10)28-30-73/h13,15-16,18-19,31,33-34,36,39-40,48-49,53,69H,14,17,22-30,32,35,37-38H2,1-12H3,(H,68,78)/t40-,48-,49-,53-/m0/s1. The lowest BCUT2D eigenvalue weighted by molar-refractivity contribution is -0.156. The van der Waals surface area contributed by atoms with Crippen LogP contribution in [0.25, 0.3) is 33.3 Å². The maximum Gasteiger partial charge on any atom is 0.406 e. The van der Waals surface area contributed by atoms with E-state index < -0.39 is 89.1 Å². The van der Waals surface area contributed by atoms with Crippen LogP contribution in [-0.4, -0.2) is 187 Å². The second-order valence-electron chi connectivity index (χ2n) is 24.8. The zero-order valence-corrected chi connectivity index (χ0v) is 50.1. The molecule has 21 heteroatoms. The number of nitrogens with one attached hydrogen (secondary N) is 2. The minimum Gasteiger partial charge on any atom is -0.464 e. The van der Waals surface area contributed by atoms with Crippen molar-refractivity contribution in [1.82, 2.24) is 44.9 Å². The summed E-state index contributed by atoms with van der Waals surface area (Å²) < 4.78 is 75.6. The summed E-state index contributed by atoms with van der Waals surface area (Å²) in [5.41, 5.74) is 4.19. The largest absolute Gasteiger partial charge is 0.464 e. The van der Waals surface area contributed by atoms with E-state index in [0.29, 0.717) is 76.0 Å². The number of hydrazine groups is 1. The monoisotopic (exact) mass is 1150 g/mol. The number of aromatic nitrogens is 2. The van der Waals surface area contributed by atoms with Crippen molar-refractivity contribution in [3.63, 3.8) is 0 Å². The lowest BCUT2D eigenvalue weighted by Crippen LogP contribution is -2.63. The summed E-state index contributed by atoms with van der Waals surface area (Å²) in [5, 5.41) is 4.80. The van der Waals surface area contributed by atoms with E-state index in [9.17, 15) is 24.0 Å². The normalized spacial score (nSPS) is 20.8. The van der Waals surface area contributed by atoms with Crippen molar-refractivity contribution in [3.8, 4) is 34.2 Å². The maximum absolute atomic E-state index is 16.9. The molecule has 4 aliphatic rings. The molecule has 4 aliphatic heterocycles. The van der Waals surface area contributed by atoms with Gasteiger partial charge in [0.05, 0.1) is 41.5 Å². The minimum absolute atomic E-state index is 0.0607. The van der Waals surface area contributed by atoms with Gasteiger partial charge < -0.3 is 39.0 Å². The van der Waals surface area contributed by atoms with Gasteiger partial charge in [-0.15, -0.1) is 0 Å². The van der Waals surface area contributed by atoms with Crippen molar-refractivity contribution in [2.45, 2.75) is 135 Å². The Labute approximate surface area is 485 Å². The number of piperazine rings is 1. The van der Waals surface area contributed by atoms with Crippen LogP contribution < -0.4 is 15.6 Å². The fraction of sp³-hybridized carbons (Fsp3) is 0.581. The molecule has 450 valence electrons. The number of amides is 4. The zero-order chi connectivity index (χ0) is 60.5. The molecule has 17 nitrogen and oxygen atoms in total. The quantitative estimate of drug-likeness (QED) is 0.0884. The molecule has 2 N–H and O–H groups in total. The van der Waals surface area contributed by atoms with Crippen molar-refractivity contribution < 1.29 is 51.0 Å². The van der Waals surface area contributed by atoms with Gasteiger partial charge in [0.2, 0.25) is 5.91 Å². The van der Waals surface area contributed by atoms with Crippen LogP contribution in [0.1, 0.15) is 97.1 Å². The van der Waals surface area contributed by atoms with Crippen LogP contribution in [-0.2, 0) is 52.8 Å². The first kappa shape index (κ1) is 62.4. The Morgan fingerprint density at radius 2 is 1.64 bits per heavy atom. The van der Waals surface area contributed by atoms with Crippen molar-refractivity contribution in [2.75, 3.05) is 92.6 Å². The van der Waals surface area contributed by atoms with Crippen LogP contribution in [0.5, 0.6) is 0 Å². The smallest absolute Gasteiger partial charge is 0.406 e. The highest BCUT2D eigenvalue weighted by molar-refractivity contribution is 5.97. The maximum atomic E-state index is 16.9. The summed E-state index contributed by atoms with van der Waals surface area (Å²) in [6.45, 7) is 14.4. The van der Waals surface area contributed by atoms with Gasteiger partial charge in [-0.1, -0.05) is 63.9 Å². The van der Waals surface area contributed by atoms with Gasteiger partial charge in [-0.2, -0.15) is 13.2 Å². The number of rotatable bonds is 11. The van der Waals surface area contributed by atoms with Crippen molar-refractivity contribution >= 4 is 46.2 Å². The third kappa shape index (κ3) is 14.2. The number of fused-ring (bicyclic) bond motifs is 6. The van der Waals surface area contributed by atoms with E-state index in [1.807, 2.05) is 84.9 Å². The first-order valence-electron chi connectivity index (χ1n) is 28.8. The average molecular weight is 1160 g/mol. The number of methoxy groups -OCH3 is 1. The Balaban J connectivity index is 1.17. The Morgan fingerprint density at radius 1 is 0.952 bits per heavy atom. The SMILES string of the molecule is CO[C@@H](C)c1ncc(N2CCN(C)CC2)cc1-c1c2c3cc(ccc3n1CC(F)(F)F)-c1cccc(c1)C[C@H](NC(=O)[C@H](C(C)C)N(C)C(=O)C1(F)CCN(C(=O)C#CC(C)(C)N(C)C)CC1)C(=O)N1CCC[C@H](N1)C(=O)OCC(C)(C)C2. The van der Waals surface area contributed by atoms with E-state index in [1.54, 1.807) is 44.3 Å². The van der Waals surface area contributed by atoms with E-state index in [4.69, 9.17) is 14.5 Å². The molecule has 8 rings (SSSR count). The number of piperidine rings is 1. The predicted octanol–water partition coefficient (Wildman–Crippen LogP) is 7.20. The van der Waals surface area contributed by atoms with Crippen LogP contribution in [0, 0.1) is 23.2 Å². The molecular formula is C62H82F4N10O7. The Bertz CT molecular complexity index is 3130. The molecule has 83 heavy (non-hydrogen) atoms. The fourth-order valence-electron chi connectivity index (χ4n) is 11.6. The summed E-state index contributed by atoms with van der Waals surface area (Å²) in [4.78, 5) is 84.9. The molecule has 0 unspecified atom stereocenters. The summed E-state index contributed by atoms with van der Waals surface area (Å²) in [6.07, 6.45) is -3.27. The first-order chi connectivity index (χ1) is 39.0. The molecule has 4 amide bonds. The third-order valence-electron chi connectivity index (χ3n) is 17.0. The summed E-state index contributed by atoms with van der Waals surface area (Å²) in [7, 11) is 8.64. The molecule has 2 aromatic carbocycles. The number of likely N-dealkylation sites (tertiary alicyclic amines) is 1. The predicted molar refractivity (Wildman–Crippen MR) is 310 cm³/mol. The number of pyridine rings is 1. The zero-order valence-electron chi connectivity index (χ0n) is 50.1. The number of ether oxygens (including phenoxy) is 2. The van der Waals surface area contributed by atoms with Gasteiger partial charge in [0, 0.05) is 101 Å². The summed E-state index contributed by atoms with van der Waals surface area (Å²) >= 11 is 0. The molecule has 6 heterocycles. The van der Waals surface area contributed by atoms with Gasteiger partial charge >= 0.3 is 12.1 Å². The van der Waals surface area contributed by atoms with E-state index in [1.165, 1.54) is 28.6 Å². The fourth-order valence-corrected chi connectivity index (χ4v) is 11.6. The number of anilines is 1. The number of esters is 1. The first-order valence-corrected chi connectivity index (χ1v) is 28.8. The van der Waals surface area contributed by atoms with Crippen LogP contribution >= 0.6 is 0 Å². The second-order valence-corrected chi connectivity index (χ2v) is 24.8. The highest BCUT2D eigenvalue weighted by Gasteiger charge is 2.48. The molecule has 2 aromatic heterocycles.